The van der Waals surface area contributed by atoms with Gasteiger partial charge in [-0.05, 0) is 96.8 Å². The van der Waals surface area contributed by atoms with E-state index in [2.05, 4.69) is 103 Å². The van der Waals surface area contributed by atoms with Crippen LogP contribution in [-0.2, 0) is 0 Å². The van der Waals surface area contributed by atoms with E-state index in [-0.39, 0.29) is 5.04 Å². The molecule has 2 nitrogen and oxygen atoms in total. The second-order valence-electron chi connectivity index (χ2n) is 9.50. The summed E-state index contributed by atoms with van der Waals surface area (Å²) in [6.45, 7) is 13.6. The van der Waals surface area contributed by atoms with Gasteiger partial charge in [-0.2, -0.15) is 0 Å². The van der Waals surface area contributed by atoms with Crippen LogP contribution in [0.2, 0.25) is 18.1 Å². The molecule has 31 heavy (non-hydrogen) atoms. The van der Waals surface area contributed by atoms with Crippen LogP contribution in [0.15, 0.2) is 48.5 Å². The molecule has 1 saturated carbocycles. The van der Waals surface area contributed by atoms with Crippen LogP contribution < -0.4 is 9.16 Å². The molecule has 0 spiro atoms. The van der Waals surface area contributed by atoms with Crippen molar-refractivity contribution in [1.29, 1.82) is 0 Å². The lowest BCUT2D eigenvalue weighted by Crippen LogP contribution is -2.43. The predicted molar refractivity (Wildman–Crippen MR) is 135 cm³/mol. The van der Waals surface area contributed by atoms with Crippen LogP contribution in [0.3, 0.4) is 0 Å². The number of methoxy groups -OCH3 is 1. The van der Waals surface area contributed by atoms with E-state index in [9.17, 15) is 0 Å². The van der Waals surface area contributed by atoms with Gasteiger partial charge < -0.3 is 9.16 Å². The van der Waals surface area contributed by atoms with Gasteiger partial charge >= 0.3 is 0 Å². The highest BCUT2D eigenvalue weighted by atomic mass is 28.4. The molecule has 0 amide bonds. The molecule has 0 heterocycles. The minimum Gasteiger partial charge on any atom is -0.544 e. The van der Waals surface area contributed by atoms with E-state index in [0.29, 0.717) is 0 Å². The fourth-order valence-electron chi connectivity index (χ4n) is 3.51. The van der Waals surface area contributed by atoms with Crippen molar-refractivity contribution in [2.45, 2.75) is 52.2 Å². The highest BCUT2D eigenvalue weighted by Crippen LogP contribution is 2.43. The number of rotatable bonds is 7. The third-order valence-corrected chi connectivity index (χ3v) is 10.7. The summed E-state index contributed by atoms with van der Waals surface area (Å²) in [5.74, 6) is 3.07. The summed E-state index contributed by atoms with van der Waals surface area (Å²) < 4.78 is 11.8. The van der Waals surface area contributed by atoms with Gasteiger partial charge in [0, 0.05) is 5.92 Å². The Bertz CT molecular complexity index is 880. The van der Waals surface area contributed by atoms with E-state index in [1.165, 1.54) is 28.2 Å². The van der Waals surface area contributed by atoms with E-state index in [1.54, 1.807) is 7.11 Å². The Morgan fingerprint density at radius 3 is 1.81 bits per heavy atom. The normalized spacial score (nSPS) is 16.2. The fraction of sp³-hybridized carbons (Fsp3) is 0.321. The average molecular weight is 432 g/mol. The Balaban J connectivity index is 1.98. The van der Waals surface area contributed by atoms with Crippen molar-refractivity contribution in [2.24, 2.45) is 0 Å². The summed E-state index contributed by atoms with van der Waals surface area (Å²) in [5.41, 5.74) is 5.03. The first kappa shape index (κ1) is 23.7. The fourth-order valence-corrected chi connectivity index (χ4v) is 4.54. The molecule has 163 valence electrons. The number of ether oxygens (including phenoxy) is 1. The van der Waals surface area contributed by atoms with Gasteiger partial charge in [0.2, 0.25) is 8.32 Å². The maximum Gasteiger partial charge on any atom is 0.250 e. The minimum absolute atomic E-state index is 0.180. The van der Waals surface area contributed by atoms with Crippen molar-refractivity contribution in [2.75, 3.05) is 7.11 Å². The van der Waals surface area contributed by atoms with Crippen LogP contribution in [0.25, 0.3) is 11.1 Å². The van der Waals surface area contributed by atoms with E-state index in [4.69, 9.17) is 9.16 Å². The Labute approximate surface area is 190 Å². The summed E-state index contributed by atoms with van der Waals surface area (Å²) in [7, 11) is -0.147. The first-order valence-electron chi connectivity index (χ1n) is 11.1. The van der Waals surface area contributed by atoms with E-state index in [0.717, 1.165) is 17.9 Å². The number of hydrogen-bond acceptors (Lipinski definition) is 2. The van der Waals surface area contributed by atoms with E-state index < -0.39 is 8.32 Å². The highest BCUT2D eigenvalue weighted by molar-refractivity contribution is 6.74. The molecule has 0 saturated heterocycles. The Kier molecular flexibility index (Phi) is 7.36. The highest BCUT2D eigenvalue weighted by Gasteiger charge is 2.39. The number of hydrogen-bond donors (Lipinski definition) is 0. The van der Waals surface area contributed by atoms with Gasteiger partial charge in [0.1, 0.15) is 11.5 Å². The molecule has 1 aliphatic rings. The topological polar surface area (TPSA) is 18.5 Å². The lowest BCUT2D eigenvalue weighted by Gasteiger charge is -2.36. The molecule has 0 aromatic heterocycles. The van der Waals surface area contributed by atoms with E-state index in [1.807, 2.05) is 12.1 Å². The minimum atomic E-state index is -1.85. The van der Waals surface area contributed by atoms with Gasteiger partial charge in [-0.15, -0.1) is 0 Å². The van der Waals surface area contributed by atoms with Gasteiger partial charge in [0.05, 0.1) is 7.11 Å². The maximum absolute atomic E-state index is 6.49. The molecule has 0 aliphatic heterocycles. The van der Waals surface area contributed by atoms with Crippen LogP contribution in [0.5, 0.6) is 11.5 Å². The lowest BCUT2D eigenvalue weighted by atomic mass is 9.83. The molecule has 1 aliphatic carbocycles. The van der Waals surface area contributed by atoms with Crippen molar-refractivity contribution in [1.82, 2.24) is 0 Å². The number of allylic oxidation sites excluding steroid dienone is 2. The third kappa shape index (κ3) is 5.44. The van der Waals surface area contributed by atoms with Crippen molar-refractivity contribution in [3.8, 4) is 11.5 Å². The zero-order valence-electron chi connectivity index (χ0n) is 20.0. The summed E-state index contributed by atoms with van der Waals surface area (Å²) in [5, 5.41) is 0.180. The standard InChI is InChI=1S/C28H35O2Si/c1-8-26(21-13-19-25(20-14-21)30-31(6,7)28(2,3)4)27(22-11-9-10-12-22)23-15-17-24(29-5)18-16-23/h9-20H,8H2,1-7H3/b27-26+. The summed E-state index contributed by atoms with van der Waals surface area (Å²) in [4.78, 5) is 0. The largest absolute Gasteiger partial charge is 0.544 e. The SMILES string of the molecule is CC/C(=C(/[C]1[CH][CH][CH][CH]1)c1ccc(OC)cc1)c1ccc(O[Si](C)(C)C(C)(C)C)cc1. The lowest BCUT2D eigenvalue weighted by molar-refractivity contribution is 0.415. The molecular weight excluding hydrogens is 396 g/mol. The molecule has 1 fully saturated rings. The maximum atomic E-state index is 6.49. The first-order chi connectivity index (χ1) is 14.7. The molecule has 5 radical (unpaired) electrons. The second-order valence-corrected chi connectivity index (χ2v) is 14.2. The molecule has 0 unspecified atom stereocenters. The molecule has 2 aromatic carbocycles. The second kappa shape index (κ2) is 9.64. The molecule has 0 bridgehead atoms. The average Bonchev–Trinajstić information content (AvgIpc) is 3.26. The van der Waals surface area contributed by atoms with Crippen LogP contribution in [0.1, 0.15) is 45.2 Å². The van der Waals surface area contributed by atoms with Crippen molar-refractivity contribution in [3.05, 3.63) is 91.3 Å². The number of benzene rings is 2. The molecule has 2 aromatic rings. The van der Waals surface area contributed by atoms with Crippen LogP contribution in [0, 0.1) is 31.6 Å². The quantitative estimate of drug-likeness (QED) is 0.329. The van der Waals surface area contributed by atoms with Crippen LogP contribution in [0.4, 0.5) is 0 Å². The van der Waals surface area contributed by atoms with Gasteiger partial charge in [-0.3, -0.25) is 0 Å². The Morgan fingerprint density at radius 2 is 1.32 bits per heavy atom. The van der Waals surface area contributed by atoms with Gasteiger partial charge in [-0.25, -0.2) is 0 Å². The molecule has 0 N–H and O–H groups in total. The predicted octanol–water partition coefficient (Wildman–Crippen LogP) is 7.81. The van der Waals surface area contributed by atoms with Crippen LogP contribution in [-0.4, -0.2) is 15.4 Å². The van der Waals surface area contributed by atoms with Crippen molar-refractivity contribution < 1.29 is 9.16 Å². The molecular formula is C28H35O2Si. The summed E-state index contributed by atoms with van der Waals surface area (Å²) >= 11 is 0. The smallest absolute Gasteiger partial charge is 0.250 e. The summed E-state index contributed by atoms with van der Waals surface area (Å²) in [6, 6.07) is 17.0. The third-order valence-electron chi connectivity index (χ3n) is 6.37. The monoisotopic (exact) mass is 431 g/mol. The Morgan fingerprint density at radius 1 is 0.806 bits per heavy atom. The first-order valence-corrected chi connectivity index (χ1v) is 14.0. The zero-order valence-corrected chi connectivity index (χ0v) is 21.0. The Hall–Kier alpha value is -2.00. The van der Waals surface area contributed by atoms with Gasteiger partial charge in [-0.1, -0.05) is 52.0 Å². The summed E-state index contributed by atoms with van der Waals surface area (Å²) in [6.07, 6.45) is 9.51. The van der Waals surface area contributed by atoms with Crippen LogP contribution >= 0.6 is 0 Å². The van der Waals surface area contributed by atoms with Crippen molar-refractivity contribution >= 4 is 19.5 Å². The van der Waals surface area contributed by atoms with E-state index >= 15 is 0 Å². The van der Waals surface area contributed by atoms with Gasteiger partial charge in [0.25, 0.3) is 0 Å². The molecule has 3 heteroatoms. The van der Waals surface area contributed by atoms with Gasteiger partial charge in [0.15, 0.2) is 0 Å². The zero-order chi connectivity index (χ0) is 22.6. The van der Waals surface area contributed by atoms with Crippen molar-refractivity contribution in [3.63, 3.8) is 0 Å². The molecule has 3 rings (SSSR count). The molecule has 0 atom stereocenters.